The Morgan fingerprint density at radius 2 is 1.85 bits per heavy atom. The molecule has 2 aromatic carbocycles. The Morgan fingerprint density at radius 3 is 2.51 bits per heavy atom. The van der Waals surface area contributed by atoms with E-state index in [2.05, 4.69) is 10.3 Å². The molecule has 39 heavy (non-hydrogen) atoms. The van der Waals surface area contributed by atoms with Gasteiger partial charge >= 0.3 is 12.1 Å². The van der Waals surface area contributed by atoms with E-state index in [0.29, 0.717) is 13.0 Å². The first-order valence-electron chi connectivity index (χ1n) is 13.6. The number of carbonyl (C=O) groups is 2. The summed E-state index contributed by atoms with van der Waals surface area (Å²) in [7, 11) is 0. The fourth-order valence-electron chi connectivity index (χ4n) is 4.99. The lowest BCUT2D eigenvalue weighted by molar-refractivity contribution is -0.146. The molecule has 1 amide bonds. The maximum Gasteiger partial charge on any atom is 0.412 e. The summed E-state index contributed by atoms with van der Waals surface area (Å²) in [5.41, 5.74) is 2.34. The highest BCUT2D eigenvalue weighted by Crippen LogP contribution is 2.34. The molecule has 8 heteroatoms. The normalized spacial score (nSPS) is 17.8. The van der Waals surface area contributed by atoms with Gasteiger partial charge in [0.05, 0.1) is 12.6 Å². The maximum absolute atomic E-state index is 13.2. The molecule has 0 bridgehead atoms. The molecule has 0 unspecified atom stereocenters. The van der Waals surface area contributed by atoms with E-state index < -0.39 is 23.5 Å². The van der Waals surface area contributed by atoms with Crippen molar-refractivity contribution in [2.45, 2.75) is 84.9 Å². The van der Waals surface area contributed by atoms with Crippen LogP contribution in [-0.4, -0.2) is 52.0 Å². The highest BCUT2D eigenvalue weighted by molar-refractivity contribution is 5.96. The maximum atomic E-state index is 13.2. The molecular formula is C31H41N3O5. The van der Waals surface area contributed by atoms with E-state index >= 15 is 0 Å². The standard InChI is InChI=1S/C31H41N3O5/c1-20(2)27(28(35)37-18-21-12-9-8-10-13-21)33-25-15-11-14-24-26(25)22(17-32-24)16-23-19-38-31(6,7)34(23)29(36)39-30(3,4)5/h8-15,17,20,23,27,32-33H,16,18-19H2,1-7H3/t23-,27-/m0/s1. The van der Waals surface area contributed by atoms with Gasteiger partial charge in [0.1, 0.15) is 24.0 Å². The van der Waals surface area contributed by atoms with Crippen LogP contribution >= 0.6 is 0 Å². The molecule has 0 radical (unpaired) electrons. The van der Waals surface area contributed by atoms with Gasteiger partial charge in [-0.1, -0.05) is 50.2 Å². The summed E-state index contributed by atoms with van der Waals surface area (Å²) < 4.78 is 17.4. The lowest BCUT2D eigenvalue weighted by Crippen LogP contribution is -2.50. The highest BCUT2D eigenvalue weighted by Gasteiger charge is 2.45. The molecule has 2 N–H and O–H groups in total. The lowest BCUT2D eigenvalue weighted by Gasteiger charge is -2.35. The van der Waals surface area contributed by atoms with Crippen LogP contribution in [0.2, 0.25) is 0 Å². The van der Waals surface area contributed by atoms with Crippen molar-refractivity contribution < 1.29 is 23.8 Å². The Kier molecular flexibility index (Phi) is 8.25. The van der Waals surface area contributed by atoms with E-state index in [1.807, 2.05) is 103 Å². The molecule has 4 rings (SSSR count). The Labute approximate surface area is 231 Å². The zero-order valence-corrected chi connectivity index (χ0v) is 24.0. The minimum absolute atomic E-state index is 0.00221. The van der Waals surface area contributed by atoms with Crippen molar-refractivity contribution in [3.63, 3.8) is 0 Å². The number of anilines is 1. The van der Waals surface area contributed by atoms with Crippen LogP contribution in [0.15, 0.2) is 54.7 Å². The van der Waals surface area contributed by atoms with Gasteiger partial charge in [0.25, 0.3) is 0 Å². The molecule has 210 valence electrons. The zero-order valence-electron chi connectivity index (χ0n) is 24.0. The second kappa shape index (κ2) is 11.3. The average Bonchev–Trinajstić information content (AvgIpc) is 3.40. The third kappa shape index (κ3) is 6.74. The van der Waals surface area contributed by atoms with Gasteiger partial charge in [-0.3, -0.25) is 4.90 Å². The number of esters is 1. The summed E-state index contributed by atoms with van der Waals surface area (Å²) in [6.07, 6.45) is 2.13. The van der Waals surface area contributed by atoms with Crippen molar-refractivity contribution in [3.05, 3.63) is 65.9 Å². The predicted molar refractivity (Wildman–Crippen MR) is 152 cm³/mol. The molecule has 3 aromatic rings. The molecule has 0 spiro atoms. The Hall–Kier alpha value is -3.52. The topological polar surface area (TPSA) is 92.9 Å². The quantitative estimate of drug-likeness (QED) is 0.331. The van der Waals surface area contributed by atoms with Gasteiger partial charge in [-0.2, -0.15) is 0 Å². The minimum Gasteiger partial charge on any atom is -0.459 e. The molecule has 2 heterocycles. The monoisotopic (exact) mass is 535 g/mol. The summed E-state index contributed by atoms with van der Waals surface area (Å²) in [5, 5.41) is 4.44. The number of carbonyl (C=O) groups excluding carboxylic acids is 2. The van der Waals surface area contributed by atoms with Crippen molar-refractivity contribution >= 4 is 28.7 Å². The fourth-order valence-corrected chi connectivity index (χ4v) is 4.99. The van der Waals surface area contributed by atoms with E-state index in [0.717, 1.165) is 27.7 Å². The van der Waals surface area contributed by atoms with E-state index in [-0.39, 0.29) is 24.5 Å². The van der Waals surface area contributed by atoms with Crippen LogP contribution in [0.1, 0.15) is 59.6 Å². The van der Waals surface area contributed by atoms with Gasteiger partial charge in [0.15, 0.2) is 0 Å². The number of hydrogen-bond acceptors (Lipinski definition) is 6. The van der Waals surface area contributed by atoms with Crippen LogP contribution in [0.3, 0.4) is 0 Å². The molecule has 1 fully saturated rings. The van der Waals surface area contributed by atoms with Gasteiger partial charge in [-0.05, 0) is 70.2 Å². The number of benzene rings is 2. The van der Waals surface area contributed by atoms with Crippen LogP contribution < -0.4 is 5.32 Å². The number of ether oxygens (including phenoxy) is 3. The number of fused-ring (bicyclic) bond motifs is 1. The van der Waals surface area contributed by atoms with Crippen molar-refractivity contribution in [1.29, 1.82) is 0 Å². The molecule has 0 saturated carbocycles. The zero-order chi connectivity index (χ0) is 28.4. The summed E-state index contributed by atoms with van der Waals surface area (Å²) in [6.45, 7) is 14.0. The molecule has 8 nitrogen and oxygen atoms in total. The summed E-state index contributed by atoms with van der Waals surface area (Å²) in [5.74, 6) is -0.303. The van der Waals surface area contributed by atoms with E-state index in [4.69, 9.17) is 14.2 Å². The predicted octanol–water partition coefficient (Wildman–Crippen LogP) is 6.26. The van der Waals surface area contributed by atoms with Crippen molar-refractivity contribution in [2.24, 2.45) is 5.92 Å². The van der Waals surface area contributed by atoms with Crippen LogP contribution in [-0.2, 0) is 32.0 Å². The first kappa shape index (κ1) is 28.5. The van der Waals surface area contributed by atoms with Crippen LogP contribution in [0, 0.1) is 5.92 Å². The Balaban J connectivity index is 1.57. The van der Waals surface area contributed by atoms with E-state index in [1.165, 1.54) is 0 Å². The van der Waals surface area contributed by atoms with E-state index in [1.54, 1.807) is 4.90 Å². The first-order valence-corrected chi connectivity index (χ1v) is 13.6. The smallest absolute Gasteiger partial charge is 0.412 e. The number of nitrogens with one attached hydrogen (secondary N) is 2. The van der Waals surface area contributed by atoms with Crippen LogP contribution in [0.4, 0.5) is 10.5 Å². The fraction of sp³-hybridized carbons (Fsp3) is 0.484. The SMILES string of the molecule is CC(C)[C@H](Nc1cccc2[nH]cc(C[C@H]3COC(C)(C)N3C(=O)OC(C)(C)C)c12)C(=O)OCc1ccccc1. The summed E-state index contributed by atoms with van der Waals surface area (Å²) in [4.78, 5) is 31.3. The molecule has 1 aliphatic heterocycles. The third-order valence-electron chi connectivity index (χ3n) is 6.86. The van der Waals surface area contributed by atoms with Crippen LogP contribution in [0.5, 0.6) is 0 Å². The minimum atomic E-state index is -0.786. The Morgan fingerprint density at radius 1 is 1.13 bits per heavy atom. The largest absolute Gasteiger partial charge is 0.459 e. The highest BCUT2D eigenvalue weighted by atomic mass is 16.6. The molecule has 2 atom stereocenters. The summed E-state index contributed by atoms with van der Waals surface area (Å²) >= 11 is 0. The average molecular weight is 536 g/mol. The Bertz CT molecular complexity index is 1290. The van der Waals surface area contributed by atoms with Gasteiger partial charge in [0, 0.05) is 22.8 Å². The number of hydrogen-bond donors (Lipinski definition) is 2. The molecule has 1 saturated heterocycles. The van der Waals surface area contributed by atoms with Crippen LogP contribution in [0.25, 0.3) is 10.9 Å². The third-order valence-corrected chi connectivity index (χ3v) is 6.86. The number of amides is 1. The molecule has 1 aliphatic rings. The van der Waals surface area contributed by atoms with Crippen molar-refractivity contribution in [3.8, 4) is 0 Å². The van der Waals surface area contributed by atoms with E-state index in [9.17, 15) is 9.59 Å². The van der Waals surface area contributed by atoms with Crippen molar-refractivity contribution in [2.75, 3.05) is 11.9 Å². The second-order valence-electron chi connectivity index (χ2n) is 12.0. The number of aromatic amines is 1. The number of rotatable bonds is 8. The first-order chi connectivity index (χ1) is 18.4. The number of aromatic nitrogens is 1. The lowest BCUT2D eigenvalue weighted by atomic mass is 10.0. The number of nitrogens with zero attached hydrogens (tertiary/aromatic N) is 1. The van der Waals surface area contributed by atoms with Gasteiger partial charge < -0.3 is 24.5 Å². The van der Waals surface area contributed by atoms with Crippen molar-refractivity contribution in [1.82, 2.24) is 9.88 Å². The number of H-pyrrole nitrogens is 1. The van der Waals surface area contributed by atoms with Gasteiger partial charge in [0.2, 0.25) is 0 Å². The van der Waals surface area contributed by atoms with Gasteiger partial charge in [-0.15, -0.1) is 0 Å². The molecular weight excluding hydrogens is 494 g/mol. The summed E-state index contributed by atoms with van der Waals surface area (Å²) in [6, 6.07) is 14.8. The second-order valence-corrected chi connectivity index (χ2v) is 12.0. The van der Waals surface area contributed by atoms with Gasteiger partial charge in [-0.25, -0.2) is 9.59 Å². The molecule has 1 aromatic heterocycles. The molecule has 0 aliphatic carbocycles.